The van der Waals surface area contributed by atoms with Gasteiger partial charge < -0.3 is 15.5 Å². The van der Waals surface area contributed by atoms with Crippen LogP contribution in [-0.4, -0.2) is 10.2 Å². The number of nitrogens with one attached hydrogen (secondary N) is 1. The van der Waals surface area contributed by atoms with Crippen molar-refractivity contribution < 1.29 is 10.2 Å². The van der Waals surface area contributed by atoms with Crippen molar-refractivity contribution in [3.05, 3.63) is 52.0 Å². The minimum Gasteiger partial charge on any atom is -0.508 e. The minimum absolute atomic E-state index is 0.0106. The molecule has 0 fully saturated rings. The number of hydrogen-bond donors (Lipinski definition) is 3. The number of phenols is 2. The summed E-state index contributed by atoms with van der Waals surface area (Å²) in [6.45, 7) is 3.92. The maximum atomic E-state index is 10.0. The van der Waals surface area contributed by atoms with Gasteiger partial charge in [-0.1, -0.05) is 22.9 Å². The second-order valence-corrected chi connectivity index (χ2v) is 5.73. The molecule has 4 heteroatoms. The third-order valence-corrected chi connectivity index (χ3v) is 3.80. The van der Waals surface area contributed by atoms with Gasteiger partial charge in [-0.25, -0.2) is 0 Å². The van der Waals surface area contributed by atoms with Crippen LogP contribution in [0.5, 0.6) is 11.5 Å². The first kappa shape index (κ1) is 14.7. The van der Waals surface area contributed by atoms with Crippen molar-refractivity contribution >= 4 is 21.6 Å². The zero-order valence-corrected chi connectivity index (χ0v) is 13.1. The summed E-state index contributed by atoms with van der Waals surface area (Å²) in [5.74, 6) is 0.567. The van der Waals surface area contributed by atoms with Crippen LogP contribution in [0.4, 0.5) is 5.69 Å². The van der Waals surface area contributed by atoms with E-state index in [0.29, 0.717) is 0 Å². The summed E-state index contributed by atoms with van der Waals surface area (Å²) >= 11 is 3.43. The van der Waals surface area contributed by atoms with Crippen molar-refractivity contribution in [2.45, 2.75) is 26.3 Å². The Hall–Kier alpha value is -1.68. The van der Waals surface area contributed by atoms with Crippen LogP contribution < -0.4 is 5.32 Å². The monoisotopic (exact) mass is 335 g/mol. The zero-order valence-electron chi connectivity index (χ0n) is 11.5. The molecule has 0 amide bonds. The van der Waals surface area contributed by atoms with Crippen LogP contribution in [0.15, 0.2) is 40.9 Å². The van der Waals surface area contributed by atoms with E-state index in [0.717, 1.165) is 27.7 Å². The van der Waals surface area contributed by atoms with Crippen molar-refractivity contribution in [3.8, 4) is 11.5 Å². The summed E-state index contributed by atoms with van der Waals surface area (Å²) in [7, 11) is 0. The molecule has 0 radical (unpaired) electrons. The Labute approximate surface area is 127 Å². The number of aryl methyl sites for hydroxylation is 1. The maximum absolute atomic E-state index is 10.0. The van der Waals surface area contributed by atoms with Gasteiger partial charge >= 0.3 is 0 Å². The summed E-state index contributed by atoms with van der Waals surface area (Å²) in [6, 6.07) is 10.8. The molecule has 0 heterocycles. The van der Waals surface area contributed by atoms with Crippen molar-refractivity contribution in [2.75, 3.05) is 5.32 Å². The first-order valence-corrected chi connectivity index (χ1v) is 7.35. The molecule has 0 aromatic heterocycles. The summed E-state index contributed by atoms with van der Waals surface area (Å²) in [5, 5.41) is 23.0. The average molecular weight is 336 g/mol. The van der Waals surface area contributed by atoms with Crippen LogP contribution >= 0.6 is 15.9 Å². The average Bonchev–Trinajstić information content (AvgIpc) is 2.43. The van der Waals surface area contributed by atoms with Crippen LogP contribution in [-0.2, 0) is 0 Å². The van der Waals surface area contributed by atoms with Gasteiger partial charge in [0.1, 0.15) is 11.5 Å². The van der Waals surface area contributed by atoms with Gasteiger partial charge in [-0.3, -0.25) is 0 Å². The summed E-state index contributed by atoms with van der Waals surface area (Å²) in [5.41, 5.74) is 2.60. The Morgan fingerprint density at radius 1 is 1.10 bits per heavy atom. The van der Waals surface area contributed by atoms with Gasteiger partial charge in [0.05, 0.1) is 6.04 Å². The molecule has 2 rings (SSSR count). The van der Waals surface area contributed by atoms with Crippen LogP contribution in [0, 0.1) is 6.92 Å². The second-order valence-electron chi connectivity index (χ2n) is 4.81. The fourth-order valence-electron chi connectivity index (χ4n) is 2.15. The highest BCUT2D eigenvalue weighted by Crippen LogP contribution is 2.32. The van der Waals surface area contributed by atoms with Gasteiger partial charge in [-0.15, -0.1) is 0 Å². The highest BCUT2D eigenvalue weighted by atomic mass is 79.9. The third-order valence-electron chi connectivity index (χ3n) is 3.31. The molecule has 1 unspecified atom stereocenters. The van der Waals surface area contributed by atoms with Gasteiger partial charge in [0.25, 0.3) is 0 Å². The lowest BCUT2D eigenvalue weighted by Gasteiger charge is -2.20. The molecule has 0 spiro atoms. The van der Waals surface area contributed by atoms with E-state index in [4.69, 9.17) is 0 Å². The fourth-order valence-corrected chi connectivity index (χ4v) is 2.53. The Bertz CT molecular complexity index is 613. The van der Waals surface area contributed by atoms with Gasteiger partial charge in [-0.2, -0.15) is 0 Å². The van der Waals surface area contributed by atoms with Gasteiger partial charge in [0, 0.05) is 15.7 Å². The molecular formula is C16H18BrNO2. The molecule has 2 aromatic carbocycles. The van der Waals surface area contributed by atoms with Crippen molar-refractivity contribution in [1.82, 2.24) is 0 Å². The molecule has 3 nitrogen and oxygen atoms in total. The molecule has 20 heavy (non-hydrogen) atoms. The fraction of sp³-hybridized carbons (Fsp3) is 0.250. The van der Waals surface area contributed by atoms with E-state index in [-0.39, 0.29) is 17.5 Å². The molecule has 0 aliphatic heterocycles. The normalized spacial score (nSPS) is 12.2. The van der Waals surface area contributed by atoms with Crippen molar-refractivity contribution in [3.63, 3.8) is 0 Å². The van der Waals surface area contributed by atoms with Crippen molar-refractivity contribution in [1.29, 1.82) is 0 Å². The standard InChI is InChI=1S/C16H18BrNO2/c1-3-14(13-9-11(17)4-6-16(13)20)18-12-5-7-15(19)10(2)8-12/h4-9,14,18-20H,3H2,1-2H3. The molecule has 0 saturated heterocycles. The number of benzene rings is 2. The lowest BCUT2D eigenvalue weighted by Crippen LogP contribution is -2.10. The largest absolute Gasteiger partial charge is 0.508 e. The number of anilines is 1. The molecule has 0 aliphatic rings. The molecular weight excluding hydrogens is 318 g/mol. The van der Waals surface area contributed by atoms with E-state index < -0.39 is 0 Å². The number of aromatic hydroxyl groups is 2. The molecule has 2 aromatic rings. The van der Waals surface area contributed by atoms with Crippen LogP contribution in [0.3, 0.4) is 0 Å². The van der Waals surface area contributed by atoms with E-state index in [1.165, 1.54) is 0 Å². The molecule has 0 saturated carbocycles. The molecule has 3 N–H and O–H groups in total. The Morgan fingerprint density at radius 3 is 2.45 bits per heavy atom. The van der Waals surface area contributed by atoms with E-state index in [9.17, 15) is 10.2 Å². The van der Waals surface area contributed by atoms with Gasteiger partial charge in [-0.05, 0) is 55.3 Å². The van der Waals surface area contributed by atoms with E-state index in [1.54, 1.807) is 12.1 Å². The van der Waals surface area contributed by atoms with Crippen LogP contribution in [0.2, 0.25) is 0 Å². The Morgan fingerprint density at radius 2 is 1.80 bits per heavy atom. The highest BCUT2D eigenvalue weighted by Gasteiger charge is 2.14. The maximum Gasteiger partial charge on any atom is 0.120 e. The van der Waals surface area contributed by atoms with E-state index in [2.05, 4.69) is 28.2 Å². The van der Waals surface area contributed by atoms with Gasteiger partial charge in [0.2, 0.25) is 0 Å². The predicted molar refractivity (Wildman–Crippen MR) is 85.3 cm³/mol. The molecule has 106 valence electrons. The Balaban J connectivity index is 2.28. The molecule has 1 atom stereocenters. The highest BCUT2D eigenvalue weighted by molar-refractivity contribution is 9.10. The number of hydrogen-bond acceptors (Lipinski definition) is 3. The van der Waals surface area contributed by atoms with E-state index >= 15 is 0 Å². The predicted octanol–water partition coefficient (Wildman–Crippen LogP) is 4.73. The van der Waals surface area contributed by atoms with Crippen LogP contribution in [0.25, 0.3) is 0 Å². The lowest BCUT2D eigenvalue weighted by molar-refractivity contribution is 0.462. The summed E-state index contributed by atoms with van der Waals surface area (Å²) < 4.78 is 0.937. The van der Waals surface area contributed by atoms with Crippen molar-refractivity contribution in [2.24, 2.45) is 0 Å². The summed E-state index contributed by atoms with van der Waals surface area (Å²) in [6.07, 6.45) is 0.837. The SMILES string of the molecule is CCC(Nc1ccc(O)c(C)c1)c1cc(Br)ccc1O. The number of halogens is 1. The van der Waals surface area contributed by atoms with E-state index in [1.807, 2.05) is 31.2 Å². The zero-order chi connectivity index (χ0) is 14.7. The van der Waals surface area contributed by atoms with Crippen LogP contribution in [0.1, 0.15) is 30.5 Å². The minimum atomic E-state index is 0.0106. The Kier molecular flexibility index (Phi) is 4.55. The number of phenolic OH excluding ortho intramolecular Hbond substituents is 2. The second kappa shape index (κ2) is 6.18. The van der Waals surface area contributed by atoms with Gasteiger partial charge in [0.15, 0.2) is 0 Å². The summed E-state index contributed by atoms with van der Waals surface area (Å²) in [4.78, 5) is 0. The number of rotatable bonds is 4. The first-order chi connectivity index (χ1) is 9.51. The smallest absolute Gasteiger partial charge is 0.120 e. The molecule has 0 bridgehead atoms. The lowest BCUT2D eigenvalue weighted by atomic mass is 10.0. The molecule has 0 aliphatic carbocycles. The topological polar surface area (TPSA) is 52.5 Å². The quantitative estimate of drug-likeness (QED) is 0.708. The third kappa shape index (κ3) is 3.25. The first-order valence-electron chi connectivity index (χ1n) is 6.55.